The zero-order chi connectivity index (χ0) is 13.9. The van der Waals surface area contributed by atoms with Crippen LogP contribution in [-0.4, -0.2) is 11.7 Å². The number of rotatable bonds is 3. The van der Waals surface area contributed by atoms with Gasteiger partial charge in [-0.2, -0.15) is 0 Å². The second kappa shape index (κ2) is 5.61. The molecule has 1 heterocycles. The third kappa shape index (κ3) is 2.67. The lowest BCUT2D eigenvalue weighted by Crippen LogP contribution is -2.29. The molecule has 1 aromatic rings. The number of hydrogen-bond acceptors (Lipinski definition) is 2. The molecule has 1 aliphatic carbocycles. The van der Waals surface area contributed by atoms with E-state index in [1.807, 2.05) is 18.2 Å². The molecule has 0 unspecified atom stereocenters. The Bertz CT molecular complexity index is 563. The van der Waals surface area contributed by atoms with Crippen molar-refractivity contribution in [2.24, 2.45) is 10.9 Å². The van der Waals surface area contributed by atoms with Gasteiger partial charge in [-0.15, -0.1) is 0 Å². The molecule has 1 aliphatic heterocycles. The van der Waals surface area contributed by atoms with Crippen molar-refractivity contribution in [3.05, 3.63) is 41.1 Å². The van der Waals surface area contributed by atoms with Crippen molar-refractivity contribution in [2.45, 2.75) is 39.0 Å². The molecule has 1 amide bonds. The van der Waals surface area contributed by atoms with E-state index in [2.05, 4.69) is 29.4 Å². The number of benzene rings is 1. The maximum Gasteiger partial charge on any atom is 0.275 e. The summed E-state index contributed by atoms with van der Waals surface area (Å²) >= 11 is 0. The van der Waals surface area contributed by atoms with Gasteiger partial charge in [-0.05, 0) is 36.5 Å². The first-order valence-electron chi connectivity index (χ1n) is 7.47. The first-order chi connectivity index (χ1) is 9.76. The van der Waals surface area contributed by atoms with Gasteiger partial charge in [0.25, 0.3) is 5.91 Å². The largest absolute Gasteiger partial charge is 0.308 e. The average Bonchev–Trinajstić information content (AvgIpc) is 3.10. The van der Waals surface area contributed by atoms with Crippen LogP contribution in [0.4, 0.5) is 0 Å². The SMILES string of the molecule is CCc1ccc(/C=C2/N=C(C3CCCC3)NC2=O)cc1. The number of aliphatic imine (C=N–C) groups is 1. The highest BCUT2D eigenvalue weighted by Crippen LogP contribution is 2.28. The van der Waals surface area contributed by atoms with E-state index in [1.54, 1.807) is 0 Å². The zero-order valence-electron chi connectivity index (χ0n) is 11.9. The number of aryl methyl sites for hydroxylation is 1. The topological polar surface area (TPSA) is 41.5 Å². The maximum absolute atomic E-state index is 12.0. The third-order valence-corrected chi connectivity index (χ3v) is 4.15. The maximum atomic E-state index is 12.0. The molecule has 3 nitrogen and oxygen atoms in total. The summed E-state index contributed by atoms with van der Waals surface area (Å²) < 4.78 is 0. The second-order valence-corrected chi connectivity index (χ2v) is 5.56. The van der Waals surface area contributed by atoms with Crippen molar-refractivity contribution >= 4 is 17.8 Å². The Labute approximate surface area is 119 Å². The number of carbonyl (C=O) groups is 1. The fourth-order valence-corrected chi connectivity index (χ4v) is 2.89. The molecule has 0 saturated heterocycles. The van der Waals surface area contributed by atoms with E-state index in [1.165, 1.54) is 18.4 Å². The summed E-state index contributed by atoms with van der Waals surface area (Å²) in [6.07, 6.45) is 7.70. The van der Waals surface area contributed by atoms with Crippen molar-refractivity contribution in [1.29, 1.82) is 0 Å². The quantitative estimate of drug-likeness (QED) is 0.840. The molecule has 2 aliphatic rings. The van der Waals surface area contributed by atoms with E-state index >= 15 is 0 Å². The molecule has 0 aromatic heterocycles. The van der Waals surface area contributed by atoms with E-state index in [9.17, 15) is 4.79 Å². The van der Waals surface area contributed by atoms with Crippen LogP contribution in [0.25, 0.3) is 6.08 Å². The van der Waals surface area contributed by atoms with Gasteiger partial charge in [0.05, 0.1) is 0 Å². The number of amides is 1. The van der Waals surface area contributed by atoms with Gasteiger partial charge in [-0.3, -0.25) is 4.79 Å². The Balaban J connectivity index is 1.80. The van der Waals surface area contributed by atoms with Gasteiger partial charge in [0.1, 0.15) is 11.5 Å². The summed E-state index contributed by atoms with van der Waals surface area (Å²) in [4.78, 5) is 16.5. The highest BCUT2D eigenvalue weighted by Gasteiger charge is 2.28. The highest BCUT2D eigenvalue weighted by atomic mass is 16.2. The van der Waals surface area contributed by atoms with Crippen molar-refractivity contribution in [3.8, 4) is 0 Å². The lowest BCUT2D eigenvalue weighted by Gasteiger charge is -2.06. The molecular weight excluding hydrogens is 248 g/mol. The number of amidine groups is 1. The average molecular weight is 268 g/mol. The van der Waals surface area contributed by atoms with Gasteiger partial charge < -0.3 is 5.32 Å². The summed E-state index contributed by atoms with van der Waals surface area (Å²) in [5.41, 5.74) is 2.87. The molecule has 0 radical (unpaired) electrons. The molecular formula is C17H20N2O. The van der Waals surface area contributed by atoms with Crippen LogP contribution in [0.2, 0.25) is 0 Å². The third-order valence-electron chi connectivity index (χ3n) is 4.15. The van der Waals surface area contributed by atoms with Crippen molar-refractivity contribution in [2.75, 3.05) is 0 Å². The molecule has 0 bridgehead atoms. The van der Waals surface area contributed by atoms with E-state index in [-0.39, 0.29) is 5.91 Å². The fraction of sp³-hybridized carbons (Fsp3) is 0.412. The monoisotopic (exact) mass is 268 g/mol. The van der Waals surface area contributed by atoms with E-state index in [0.29, 0.717) is 11.6 Å². The first-order valence-corrected chi connectivity index (χ1v) is 7.47. The van der Waals surface area contributed by atoms with E-state index < -0.39 is 0 Å². The van der Waals surface area contributed by atoms with E-state index in [0.717, 1.165) is 30.7 Å². The minimum Gasteiger partial charge on any atom is -0.308 e. The Morgan fingerprint density at radius 1 is 1.25 bits per heavy atom. The molecule has 20 heavy (non-hydrogen) atoms. The standard InChI is InChI=1S/C17H20N2O/c1-2-12-7-9-13(10-8-12)11-15-17(20)19-16(18-15)14-5-3-4-6-14/h7-11,14H,2-6H2,1H3,(H,18,19,20)/b15-11+. The number of nitrogens with zero attached hydrogens (tertiary/aromatic N) is 1. The van der Waals surface area contributed by atoms with Crippen LogP contribution in [0.3, 0.4) is 0 Å². The molecule has 1 saturated carbocycles. The Hall–Kier alpha value is -1.90. The Morgan fingerprint density at radius 2 is 1.95 bits per heavy atom. The molecule has 1 aromatic carbocycles. The Kier molecular flexibility index (Phi) is 3.68. The number of nitrogens with one attached hydrogen (secondary N) is 1. The van der Waals surface area contributed by atoms with Gasteiger partial charge in [-0.1, -0.05) is 44.0 Å². The van der Waals surface area contributed by atoms with Gasteiger partial charge >= 0.3 is 0 Å². The number of carbonyl (C=O) groups excluding carboxylic acids is 1. The zero-order valence-corrected chi connectivity index (χ0v) is 11.9. The number of hydrogen-bond donors (Lipinski definition) is 1. The van der Waals surface area contributed by atoms with Gasteiger partial charge in [0, 0.05) is 5.92 Å². The molecule has 0 spiro atoms. The molecule has 3 rings (SSSR count). The summed E-state index contributed by atoms with van der Waals surface area (Å²) in [6, 6.07) is 8.28. The lowest BCUT2D eigenvalue weighted by atomic mass is 10.1. The first kappa shape index (κ1) is 13.1. The van der Waals surface area contributed by atoms with Gasteiger partial charge in [0.2, 0.25) is 0 Å². The van der Waals surface area contributed by atoms with Crippen molar-refractivity contribution in [1.82, 2.24) is 5.32 Å². The minimum atomic E-state index is -0.0635. The minimum absolute atomic E-state index is 0.0635. The molecule has 0 atom stereocenters. The summed E-state index contributed by atoms with van der Waals surface area (Å²) in [5, 5.41) is 2.93. The summed E-state index contributed by atoms with van der Waals surface area (Å²) in [7, 11) is 0. The predicted molar refractivity (Wildman–Crippen MR) is 81.3 cm³/mol. The van der Waals surface area contributed by atoms with Gasteiger partial charge in [0.15, 0.2) is 0 Å². The van der Waals surface area contributed by atoms with Crippen LogP contribution in [0.5, 0.6) is 0 Å². The molecule has 1 N–H and O–H groups in total. The fourth-order valence-electron chi connectivity index (χ4n) is 2.89. The predicted octanol–water partition coefficient (Wildman–Crippen LogP) is 3.31. The van der Waals surface area contributed by atoms with Crippen LogP contribution in [0, 0.1) is 5.92 Å². The van der Waals surface area contributed by atoms with Crippen LogP contribution < -0.4 is 5.32 Å². The molecule has 104 valence electrons. The van der Waals surface area contributed by atoms with Gasteiger partial charge in [-0.25, -0.2) is 4.99 Å². The van der Waals surface area contributed by atoms with E-state index in [4.69, 9.17) is 0 Å². The normalized spacial score (nSPS) is 21.4. The summed E-state index contributed by atoms with van der Waals surface area (Å²) in [6.45, 7) is 2.13. The van der Waals surface area contributed by atoms with Crippen LogP contribution in [0.1, 0.15) is 43.7 Å². The van der Waals surface area contributed by atoms with Crippen LogP contribution in [0.15, 0.2) is 35.0 Å². The lowest BCUT2D eigenvalue weighted by molar-refractivity contribution is -0.115. The van der Waals surface area contributed by atoms with Crippen molar-refractivity contribution in [3.63, 3.8) is 0 Å². The van der Waals surface area contributed by atoms with Crippen molar-refractivity contribution < 1.29 is 4.79 Å². The summed E-state index contributed by atoms with van der Waals surface area (Å²) in [5.74, 6) is 1.27. The highest BCUT2D eigenvalue weighted by molar-refractivity contribution is 6.15. The van der Waals surface area contributed by atoms with Crippen LogP contribution in [-0.2, 0) is 11.2 Å². The smallest absolute Gasteiger partial charge is 0.275 e. The van der Waals surface area contributed by atoms with Crippen LogP contribution >= 0.6 is 0 Å². The second-order valence-electron chi connectivity index (χ2n) is 5.56. The Morgan fingerprint density at radius 3 is 2.60 bits per heavy atom. The molecule has 1 fully saturated rings. The molecule has 3 heteroatoms.